The van der Waals surface area contributed by atoms with E-state index in [2.05, 4.69) is 0 Å². The highest BCUT2D eigenvalue weighted by atomic mass is 35.5. The van der Waals surface area contributed by atoms with E-state index in [1.165, 1.54) is 0 Å². The Morgan fingerprint density at radius 1 is 1.09 bits per heavy atom. The number of carbonyl (C=O) groups is 2. The van der Waals surface area contributed by atoms with Gasteiger partial charge in [0.2, 0.25) is 0 Å². The molecule has 0 fully saturated rings. The van der Waals surface area contributed by atoms with Crippen LogP contribution in [0.4, 0.5) is 14.6 Å². The van der Waals surface area contributed by atoms with Crippen molar-refractivity contribution in [3.8, 4) is 11.1 Å². The van der Waals surface area contributed by atoms with E-state index in [1.54, 1.807) is 0 Å². The molecule has 1 aromatic heterocycles. The smallest absolute Gasteiger partial charge is 0.342 e. The van der Waals surface area contributed by atoms with E-state index in [0.29, 0.717) is 0 Å². The third kappa shape index (κ3) is 2.61. The molecule has 2 rings (SSSR count). The number of aromatic nitrogens is 1. The molecule has 0 amide bonds. The number of hydrogen-bond acceptors (Lipinski definition) is 4. The van der Waals surface area contributed by atoms with E-state index in [4.69, 9.17) is 22.4 Å². The molecule has 5 N–H and O–H groups in total. The molecule has 0 radical (unpaired) electrons. The van der Waals surface area contributed by atoms with Crippen LogP contribution >= 0.6 is 11.6 Å². The van der Waals surface area contributed by atoms with Crippen LogP contribution in [0.3, 0.4) is 0 Å². The van der Waals surface area contributed by atoms with Gasteiger partial charge in [-0.2, -0.15) is 0 Å². The van der Waals surface area contributed by atoms with E-state index in [-0.39, 0.29) is 0 Å². The Morgan fingerprint density at radius 2 is 1.65 bits per heavy atom. The van der Waals surface area contributed by atoms with Crippen molar-refractivity contribution in [3.05, 3.63) is 50.3 Å². The van der Waals surface area contributed by atoms with E-state index in [1.807, 2.05) is 4.98 Å². The molecule has 120 valence electrons. The van der Waals surface area contributed by atoms with Crippen LogP contribution in [0.1, 0.15) is 20.7 Å². The van der Waals surface area contributed by atoms with Crippen molar-refractivity contribution in [2.75, 3.05) is 5.73 Å². The fourth-order valence-electron chi connectivity index (χ4n) is 2.04. The molecule has 23 heavy (non-hydrogen) atoms. The average Bonchev–Trinajstić information content (AvgIpc) is 2.43. The first-order valence-corrected chi connectivity index (χ1v) is 6.20. The predicted octanol–water partition coefficient (Wildman–Crippen LogP) is 1.95. The van der Waals surface area contributed by atoms with Crippen molar-refractivity contribution < 1.29 is 28.6 Å². The number of carboxylic acid groups (broad SMARTS) is 2. The second-order valence-corrected chi connectivity index (χ2v) is 4.73. The van der Waals surface area contributed by atoms with Crippen molar-refractivity contribution in [3.63, 3.8) is 0 Å². The van der Waals surface area contributed by atoms with E-state index >= 15 is 0 Å². The summed E-state index contributed by atoms with van der Waals surface area (Å²) in [6, 6.07) is 1.75. The summed E-state index contributed by atoms with van der Waals surface area (Å²) < 4.78 is 27.7. The molecule has 0 saturated carbocycles. The number of carboxylic acids is 2. The number of hydrogen-bond donors (Lipinski definition) is 4. The minimum absolute atomic E-state index is 0.599. The maximum Gasteiger partial charge on any atom is 0.342 e. The number of aromatic amines is 1. The molecule has 0 aliphatic carbocycles. The lowest BCUT2D eigenvalue weighted by atomic mass is 9.95. The summed E-state index contributed by atoms with van der Waals surface area (Å²) in [5.74, 6) is -7.38. The topological polar surface area (TPSA) is 133 Å². The summed E-state index contributed by atoms with van der Waals surface area (Å²) in [4.78, 5) is 36.2. The molecule has 0 bridgehead atoms. The Balaban J connectivity index is 3.07. The van der Waals surface area contributed by atoms with Crippen LogP contribution in [-0.4, -0.2) is 27.1 Å². The Kier molecular flexibility index (Phi) is 4.06. The van der Waals surface area contributed by atoms with Gasteiger partial charge in [0.1, 0.15) is 16.9 Å². The largest absolute Gasteiger partial charge is 0.478 e. The molecule has 0 spiro atoms. The predicted molar refractivity (Wildman–Crippen MR) is 75.8 cm³/mol. The number of halogens is 3. The molecule has 0 aliphatic rings. The normalized spacial score (nSPS) is 10.6. The number of rotatable bonds is 3. The number of anilines is 1. The second-order valence-electron chi connectivity index (χ2n) is 4.33. The first-order valence-electron chi connectivity index (χ1n) is 5.83. The molecule has 0 aliphatic heterocycles. The Bertz CT molecular complexity index is 910. The molecule has 0 unspecified atom stereocenters. The third-order valence-corrected chi connectivity index (χ3v) is 3.27. The number of nitrogens with one attached hydrogen (secondary N) is 1. The molecule has 1 aromatic carbocycles. The first-order chi connectivity index (χ1) is 10.7. The minimum Gasteiger partial charge on any atom is -0.478 e. The monoisotopic (exact) mass is 344 g/mol. The van der Waals surface area contributed by atoms with Gasteiger partial charge in [0.25, 0.3) is 5.56 Å². The zero-order valence-electron chi connectivity index (χ0n) is 11.0. The van der Waals surface area contributed by atoms with Gasteiger partial charge in [-0.05, 0) is 12.1 Å². The zero-order valence-corrected chi connectivity index (χ0v) is 11.7. The highest BCUT2D eigenvalue weighted by Gasteiger charge is 2.29. The maximum absolute atomic E-state index is 14.1. The lowest BCUT2D eigenvalue weighted by Crippen LogP contribution is -2.24. The standard InChI is InChI=1S/C13H7ClF2N2O5/c14-4-2-1-3(8(15)9(4)16)5-6(12(20)21)10(17)18-11(19)7(5)13(22)23/h1-2H,(H,20,21)(H,22,23)(H3,17,18,19). The van der Waals surface area contributed by atoms with Gasteiger partial charge in [-0.1, -0.05) is 11.6 Å². The molecule has 0 saturated heterocycles. The number of benzene rings is 1. The number of nitrogen functional groups attached to an aromatic ring is 1. The average molecular weight is 345 g/mol. The van der Waals surface area contributed by atoms with Crippen LogP contribution in [-0.2, 0) is 0 Å². The van der Waals surface area contributed by atoms with Crippen molar-refractivity contribution in [2.45, 2.75) is 0 Å². The van der Waals surface area contributed by atoms with Gasteiger partial charge in [0.05, 0.1) is 5.02 Å². The van der Waals surface area contributed by atoms with Crippen LogP contribution in [0.5, 0.6) is 0 Å². The Hall–Kier alpha value is -2.94. The number of H-pyrrole nitrogens is 1. The quantitative estimate of drug-likeness (QED) is 0.629. The minimum atomic E-state index is -1.83. The van der Waals surface area contributed by atoms with Crippen molar-refractivity contribution in [1.82, 2.24) is 4.98 Å². The number of nitrogens with two attached hydrogens (primary N) is 1. The summed E-state index contributed by atoms with van der Waals surface area (Å²) in [5.41, 5.74) is 0.546. The van der Waals surface area contributed by atoms with Crippen LogP contribution in [0.2, 0.25) is 5.02 Å². The van der Waals surface area contributed by atoms with E-state index in [9.17, 15) is 28.3 Å². The summed E-state index contributed by atoms with van der Waals surface area (Å²) in [6.07, 6.45) is 0. The summed E-state index contributed by atoms with van der Waals surface area (Å²) in [7, 11) is 0. The van der Waals surface area contributed by atoms with Crippen LogP contribution < -0.4 is 11.3 Å². The summed E-state index contributed by atoms with van der Waals surface area (Å²) in [6.45, 7) is 0. The lowest BCUT2D eigenvalue weighted by molar-refractivity contribution is 0.0695. The van der Waals surface area contributed by atoms with Crippen LogP contribution in [0, 0.1) is 11.6 Å². The van der Waals surface area contributed by atoms with Gasteiger partial charge in [0, 0.05) is 11.1 Å². The maximum atomic E-state index is 14.1. The van der Waals surface area contributed by atoms with Crippen molar-refractivity contribution in [2.24, 2.45) is 0 Å². The van der Waals surface area contributed by atoms with Crippen LogP contribution in [0.25, 0.3) is 11.1 Å². The second kappa shape index (κ2) is 5.69. The Morgan fingerprint density at radius 3 is 2.17 bits per heavy atom. The van der Waals surface area contributed by atoms with Crippen molar-refractivity contribution >= 4 is 29.4 Å². The molecule has 2 aromatic rings. The highest BCUT2D eigenvalue weighted by molar-refractivity contribution is 6.30. The van der Waals surface area contributed by atoms with Gasteiger partial charge in [0.15, 0.2) is 11.6 Å². The van der Waals surface area contributed by atoms with Gasteiger partial charge >= 0.3 is 11.9 Å². The van der Waals surface area contributed by atoms with Gasteiger partial charge in [-0.3, -0.25) is 4.79 Å². The van der Waals surface area contributed by atoms with Crippen molar-refractivity contribution in [1.29, 1.82) is 0 Å². The van der Waals surface area contributed by atoms with Crippen LogP contribution in [0.15, 0.2) is 16.9 Å². The summed E-state index contributed by atoms with van der Waals surface area (Å²) in [5, 5.41) is 17.7. The van der Waals surface area contributed by atoms with E-state index < -0.39 is 62.2 Å². The molecule has 0 atom stereocenters. The Labute approximate surface area is 130 Å². The van der Waals surface area contributed by atoms with E-state index in [0.717, 1.165) is 12.1 Å². The third-order valence-electron chi connectivity index (χ3n) is 2.98. The molecule has 10 heteroatoms. The fourth-order valence-corrected chi connectivity index (χ4v) is 2.18. The van der Waals surface area contributed by atoms with Gasteiger partial charge in [-0.25, -0.2) is 18.4 Å². The molecular weight excluding hydrogens is 338 g/mol. The summed E-state index contributed by atoms with van der Waals surface area (Å²) >= 11 is 5.40. The molecule has 7 nitrogen and oxygen atoms in total. The fraction of sp³-hybridized carbons (Fsp3) is 0. The highest BCUT2D eigenvalue weighted by Crippen LogP contribution is 2.33. The number of aromatic carboxylic acids is 2. The molecule has 1 heterocycles. The van der Waals surface area contributed by atoms with Gasteiger partial charge in [-0.15, -0.1) is 0 Å². The lowest BCUT2D eigenvalue weighted by Gasteiger charge is -2.13. The molecular formula is C13H7ClF2N2O5. The zero-order chi connectivity index (χ0) is 17.5. The number of pyridine rings is 1. The SMILES string of the molecule is Nc1[nH]c(=O)c(C(=O)O)c(-c2ccc(Cl)c(F)c2F)c1C(=O)O. The first kappa shape index (κ1) is 16.4. The van der Waals surface area contributed by atoms with Gasteiger partial charge < -0.3 is 20.9 Å².